The number of nitrogens with zero attached hydrogens (tertiary/aromatic N) is 1. The smallest absolute Gasteiger partial charge is 0.242 e. The van der Waals surface area contributed by atoms with Gasteiger partial charge in [0.2, 0.25) is 10.0 Å². The third kappa shape index (κ3) is 2.99. The molecule has 0 bridgehead atoms. The lowest BCUT2D eigenvalue weighted by Crippen LogP contribution is -2.34. The van der Waals surface area contributed by atoms with Crippen molar-refractivity contribution in [3.8, 4) is 0 Å². The molecule has 4 nitrogen and oxygen atoms in total. The van der Waals surface area contributed by atoms with Gasteiger partial charge in [0.25, 0.3) is 0 Å². The molecule has 0 radical (unpaired) electrons. The minimum atomic E-state index is -3.63. The van der Waals surface area contributed by atoms with E-state index in [4.69, 9.17) is 18.0 Å². The second-order valence-electron chi connectivity index (χ2n) is 5.09. The van der Waals surface area contributed by atoms with Crippen molar-refractivity contribution in [2.45, 2.75) is 24.2 Å². The van der Waals surface area contributed by atoms with Crippen LogP contribution in [0.4, 0.5) is 4.39 Å². The molecular formula is C13H17FN2O2S2. The van der Waals surface area contributed by atoms with E-state index in [1.807, 2.05) is 0 Å². The molecule has 0 amide bonds. The third-order valence-electron chi connectivity index (χ3n) is 3.65. The van der Waals surface area contributed by atoms with Crippen molar-refractivity contribution in [2.75, 3.05) is 13.6 Å². The number of rotatable bonds is 5. The highest BCUT2D eigenvalue weighted by Gasteiger charge is 2.27. The molecule has 1 aromatic rings. The zero-order valence-electron chi connectivity index (χ0n) is 11.2. The van der Waals surface area contributed by atoms with Gasteiger partial charge in [-0.2, -0.15) is 0 Å². The summed E-state index contributed by atoms with van der Waals surface area (Å²) in [6, 6.07) is 3.52. The first-order valence-corrected chi connectivity index (χ1v) is 8.23. The zero-order chi connectivity index (χ0) is 14.9. The van der Waals surface area contributed by atoms with Gasteiger partial charge in [-0.15, -0.1) is 0 Å². The number of hydrogen-bond donors (Lipinski definition) is 1. The van der Waals surface area contributed by atoms with Gasteiger partial charge in [0.15, 0.2) is 0 Å². The van der Waals surface area contributed by atoms with E-state index in [2.05, 4.69) is 0 Å². The molecule has 2 N–H and O–H groups in total. The SMILES string of the molecule is CN(CC1CCC1)S(=O)(=O)c1ccc(F)c(C(N)=S)c1. The van der Waals surface area contributed by atoms with E-state index in [9.17, 15) is 12.8 Å². The highest BCUT2D eigenvalue weighted by atomic mass is 32.2. The Bertz CT molecular complexity index is 627. The monoisotopic (exact) mass is 316 g/mol. The lowest BCUT2D eigenvalue weighted by molar-refractivity contribution is 0.263. The maximum Gasteiger partial charge on any atom is 0.242 e. The summed E-state index contributed by atoms with van der Waals surface area (Å²) >= 11 is 4.72. The summed E-state index contributed by atoms with van der Waals surface area (Å²) in [5.74, 6) is -0.191. The Balaban J connectivity index is 2.28. The van der Waals surface area contributed by atoms with E-state index in [-0.39, 0.29) is 15.4 Å². The fourth-order valence-electron chi connectivity index (χ4n) is 2.17. The van der Waals surface area contributed by atoms with E-state index in [1.54, 1.807) is 0 Å². The van der Waals surface area contributed by atoms with Gasteiger partial charge in [-0.05, 0) is 37.0 Å². The first-order valence-electron chi connectivity index (χ1n) is 6.38. The van der Waals surface area contributed by atoms with Crippen molar-refractivity contribution >= 4 is 27.2 Å². The molecule has 1 saturated carbocycles. The second-order valence-corrected chi connectivity index (χ2v) is 7.57. The summed E-state index contributed by atoms with van der Waals surface area (Å²) in [5.41, 5.74) is 5.35. The molecule has 1 aromatic carbocycles. The summed E-state index contributed by atoms with van der Waals surface area (Å²) in [5, 5.41) is 0. The normalized spacial score (nSPS) is 16.1. The predicted molar refractivity (Wildman–Crippen MR) is 79.4 cm³/mol. The largest absolute Gasteiger partial charge is 0.389 e. The first kappa shape index (κ1) is 15.3. The van der Waals surface area contributed by atoms with Crippen molar-refractivity contribution in [3.63, 3.8) is 0 Å². The van der Waals surface area contributed by atoms with Crippen LogP contribution in [-0.2, 0) is 10.0 Å². The summed E-state index contributed by atoms with van der Waals surface area (Å²) in [7, 11) is -2.09. The number of nitrogens with two attached hydrogens (primary N) is 1. The predicted octanol–water partition coefficient (Wildman–Crippen LogP) is 1.88. The van der Waals surface area contributed by atoms with Gasteiger partial charge in [0, 0.05) is 19.2 Å². The number of benzene rings is 1. The van der Waals surface area contributed by atoms with Crippen LogP contribution < -0.4 is 5.73 Å². The Morgan fingerprint density at radius 1 is 1.50 bits per heavy atom. The average molecular weight is 316 g/mol. The van der Waals surface area contributed by atoms with Gasteiger partial charge in [-0.3, -0.25) is 0 Å². The molecule has 0 heterocycles. The number of hydrogen-bond acceptors (Lipinski definition) is 3. The third-order valence-corrected chi connectivity index (χ3v) is 5.69. The minimum Gasteiger partial charge on any atom is -0.389 e. The van der Waals surface area contributed by atoms with Crippen LogP contribution in [0.15, 0.2) is 23.1 Å². The Hall–Kier alpha value is -1.05. The standard InChI is InChI=1S/C13H17FN2O2S2/c1-16(8-9-3-2-4-9)20(17,18)10-5-6-12(14)11(7-10)13(15)19/h5-7,9H,2-4,8H2,1H3,(H2,15,19). The Morgan fingerprint density at radius 2 is 2.15 bits per heavy atom. The van der Waals surface area contributed by atoms with Gasteiger partial charge < -0.3 is 5.73 Å². The van der Waals surface area contributed by atoms with E-state index in [1.165, 1.54) is 23.5 Å². The summed E-state index contributed by atoms with van der Waals surface area (Å²) < 4.78 is 39.6. The van der Waals surface area contributed by atoms with E-state index >= 15 is 0 Å². The fourth-order valence-corrected chi connectivity index (χ4v) is 3.60. The van der Waals surface area contributed by atoms with Crippen molar-refractivity contribution in [2.24, 2.45) is 11.7 Å². The number of sulfonamides is 1. The summed E-state index contributed by atoms with van der Waals surface area (Å²) in [6.07, 6.45) is 3.27. The van der Waals surface area contributed by atoms with Gasteiger partial charge in [-0.1, -0.05) is 18.6 Å². The maximum absolute atomic E-state index is 13.5. The fraction of sp³-hybridized carbons (Fsp3) is 0.462. The van der Waals surface area contributed by atoms with Crippen LogP contribution in [0.25, 0.3) is 0 Å². The Kier molecular flexibility index (Phi) is 4.41. The number of halogens is 1. The second kappa shape index (κ2) is 5.75. The quantitative estimate of drug-likeness (QED) is 0.843. The molecule has 110 valence electrons. The highest BCUT2D eigenvalue weighted by Crippen LogP contribution is 2.28. The molecule has 0 atom stereocenters. The maximum atomic E-state index is 13.5. The molecule has 0 aliphatic heterocycles. The summed E-state index contributed by atoms with van der Waals surface area (Å²) in [6.45, 7) is 0.488. The molecule has 20 heavy (non-hydrogen) atoms. The zero-order valence-corrected chi connectivity index (χ0v) is 12.8. The van der Waals surface area contributed by atoms with E-state index in [0.717, 1.165) is 25.3 Å². The first-order chi connectivity index (χ1) is 9.32. The molecule has 0 aromatic heterocycles. The Morgan fingerprint density at radius 3 is 2.65 bits per heavy atom. The van der Waals surface area contributed by atoms with Gasteiger partial charge in [-0.25, -0.2) is 17.1 Å². The van der Waals surface area contributed by atoms with Crippen molar-refractivity contribution in [1.82, 2.24) is 4.31 Å². The van der Waals surface area contributed by atoms with E-state index < -0.39 is 15.8 Å². The van der Waals surface area contributed by atoms with Crippen molar-refractivity contribution < 1.29 is 12.8 Å². The molecule has 1 aliphatic carbocycles. The van der Waals surface area contributed by atoms with Crippen LogP contribution in [0.3, 0.4) is 0 Å². The molecule has 0 spiro atoms. The Labute approximate surface area is 123 Å². The van der Waals surface area contributed by atoms with Crippen LogP contribution in [0.5, 0.6) is 0 Å². The van der Waals surface area contributed by atoms with Crippen molar-refractivity contribution in [1.29, 1.82) is 0 Å². The lowest BCUT2D eigenvalue weighted by atomic mass is 9.86. The lowest BCUT2D eigenvalue weighted by Gasteiger charge is -2.29. The number of thiocarbonyl (C=S) groups is 1. The minimum absolute atomic E-state index is 0.0172. The molecule has 1 aliphatic rings. The molecule has 0 saturated heterocycles. The van der Waals surface area contributed by atoms with Crippen LogP contribution in [0.1, 0.15) is 24.8 Å². The topological polar surface area (TPSA) is 63.4 Å². The molecular weight excluding hydrogens is 299 g/mol. The molecule has 7 heteroatoms. The molecule has 1 fully saturated rings. The molecule has 0 unspecified atom stereocenters. The average Bonchev–Trinajstić information content (AvgIpc) is 2.33. The van der Waals surface area contributed by atoms with Crippen LogP contribution >= 0.6 is 12.2 Å². The van der Waals surface area contributed by atoms with Gasteiger partial charge in [0.05, 0.1) is 4.90 Å². The molecule has 2 rings (SSSR count). The van der Waals surface area contributed by atoms with Gasteiger partial charge >= 0.3 is 0 Å². The van der Waals surface area contributed by atoms with Crippen LogP contribution in [-0.4, -0.2) is 31.3 Å². The van der Waals surface area contributed by atoms with Crippen LogP contribution in [0.2, 0.25) is 0 Å². The van der Waals surface area contributed by atoms with E-state index in [0.29, 0.717) is 12.5 Å². The van der Waals surface area contributed by atoms with Crippen LogP contribution in [0, 0.1) is 11.7 Å². The summed E-state index contributed by atoms with van der Waals surface area (Å²) in [4.78, 5) is -0.135. The van der Waals surface area contributed by atoms with Gasteiger partial charge in [0.1, 0.15) is 10.8 Å². The van der Waals surface area contributed by atoms with Crippen molar-refractivity contribution in [3.05, 3.63) is 29.6 Å². The highest BCUT2D eigenvalue weighted by molar-refractivity contribution is 7.89.